The quantitative estimate of drug-likeness (QED) is 0.690. The molecule has 2 aromatic heterocycles. The van der Waals surface area contributed by atoms with Crippen molar-refractivity contribution in [3.8, 4) is 5.82 Å². The van der Waals surface area contributed by atoms with Crippen molar-refractivity contribution in [2.45, 2.75) is 31.3 Å². The van der Waals surface area contributed by atoms with Gasteiger partial charge in [-0.15, -0.1) is 0 Å². The van der Waals surface area contributed by atoms with Crippen LogP contribution >= 0.6 is 0 Å². The minimum atomic E-state index is 0.108. The van der Waals surface area contributed by atoms with Crippen molar-refractivity contribution in [2.24, 2.45) is 4.99 Å². The molecule has 1 fully saturated rings. The van der Waals surface area contributed by atoms with Gasteiger partial charge in [0.25, 0.3) is 0 Å². The molecule has 2 N–H and O–H groups in total. The summed E-state index contributed by atoms with van der Waals surface area (Å²) in [6, 6.07) is 8.34. The lowest BCUT2D eigenvalue weighted by molar-refractivity contribution is 0.181. The smallest absolute Gasteiger partial charge is 0.222 e. The van der Waals surface area contributed by atoms with Gasteiger partial charge in [0.05, 0.1) is 24.0 Å². The fourth-order valence-corrected chi connectivity index (χ4v) is 3.72. The molecule has 1 aliphatic rings. The van der Waals surface area contributed by atoms with Crippen molar-refractivity contribution in [2.75, 3.05) is 19.4 Å². The molecule has 0 amide bonds. The Balaban J connectivity index is 1.82. The van der Waals surface area contributed by atoms with E-state index < -0.39 is 0 Å². The highest BCUT2D eigenvalue weighted by Crippen LogP contribution is 2.44. The first-order valence-electron chi connectivity index (χ1n) is 8.69. The average Bonchev–Trinajstić information content (AvgIpc) is 3.01. The zero-order chi connectivity index (χ0) is 18.1. The van der Waals surface area contributed by atoms with Crippen LogP contribution < -0.4 is 5.73 Å². The van der Waals surface area contributed by atoms with Crippen LogP contribution in [-0.4, -0.2) is 40.1 Å². The molecule has 0 atom stereocenters. The fraction of sp³-hybridized carbons (Fsp3) is 0.368. The zero-order valence-electron chi connectivity index (χ0n) is 14.9. The summed E-state index contributed by atoms with van der Waals surface area (Å²) in [7, 11) is 1.62. The molecule has 0 saturated heterocycles. The van der Waals surface area contributed by atoms with Gasteiger partial charge >= 0.3 is 0 Å². The molecule has 134 valence electrons. The summed E-state index contributed by atoms with van der Waals surface area (Å²) in [5.74, 6) is 0.849. The number of anilines is 1. The van der Waals surface area contributed by atoms with Gasteiger partial charge in [-0.05, 0) is 31.2 Å². The van der Waals surface area contributed by atoms with E-state index in [9.17, 15) is 0 Å². The summed E-state index contributed by atoms with van der Waals surface area (Å²) >= 11 is 0. The summed E-state index contributed by atoms with van der Waals surface area (Å²) < 4.78 is 6.97. The number of fused-ring (bicyclic) bond motifs is 1. The summed E-state index contributed by atoms with van der Waals surface area (Å²) in [6.07, 6.45) is 5.36. The third kappa shape index (κ3) is 2.74. The van der Waals surface area contributed by atoms with Crippen LogP contribution in [0, 0.1) is 0 Å². The number of benzene rings is 1. The number of nitrogen functional groups attached to an aromatic ring is 1. The van der Waals surface area contributed by atoms with Crippen LogP contribution in [0.3, 0.4) is 0 Å². The fourth-order valence-electron chi connectivity index (χ4n) is 3.72. The Labute approximate surface area is 151 Å². The highest BCUT2D eigenvalue weighted by atomic mass is 16.5. The number of nitrogens with zero attached hydrogens (tertiary/aromatic N) is 5. The van der Waals surface area contributed by atoms with Gasteiger partial charge in [-0.1, -0.05) is 18.6 Å². The zero-order valence-corrected chi connectivity index (χ0v) is 14.9. The van der Waals surface area contributed by atoms with Gasteiger partial charge in [-0.2, -0.15) is 10.1 Å². The van der Waals surface area contributed by atoms with Crippen LogP contribution in [0.4, 0.5) is 5.95 Å². The molecule has 4 rings (SSSR count). The van der Waals surface area contributed by atoms with Gasteiger partial charge in [0.1, 0.15) is 0 Å². The first-order valence-corrected chi connectivity index (χ1v) is 8.69. The van der Waals surface area contributed by atoms with Crippen molar-refractivity contribution < 1.29 is 4.74 Å². The van der Waals surface area contributed by atoms with Crippen molar-refractivity contribution in [3.63, 3.8) is 0 Å². The number of methoxy groups -OCH3 is 1. The molecule has 7 nitrogen and oxygen atoms in total. The van der Waals surface area contributed by atoms with Gasteiger partial charge in [0.2, 0.25) is 5.95 Å². The highest BCUT2D eigenvalue weighted by Gasteiger charge is 2.38. The van der Waals surface area contributed by atoms with Crippen LogP contribution in [0.25, 0.3) is 16.7 Å². The van der Waals surface area contributed by atoms with Crippen molar-refractivity contribution >= 4 is 23.6 Å². The molecule has 0 aliphatic heterocycles. The summed E-state index contributed by atoms with van der Waals surface area (Å²) in [6.45, 7) is 4.83. The molecule has 1 aliphatic carbocycles. The van der Waals surface area contributed by atoms with E-state index in [1.54, 1.807) is 7.11 Å². The second-order valence-electron chi connectivity index (χ2n) is 6.85. The van der Waals surface area contributed by atoms with Crippen LogP contribution in [0.5, 0.6) is 0 Å². The lowest BCUT2D eigenvalue weighted by Gasteiger charge is -2.41. The molecule has 1 aromatic carbocycles. The van der Waals surface area contributed by atoms with Crippen LogP contribution in [0.1, 0.15) is 30.5 Å². The predicted octanol–water partition coefficient (Wildman–Crippen LogP) is 2.67. The third-order valence-electron chi connectivity index (χ3n) is 5.20. The first kappa shape index (κ1) is 16.7. The highest BCUT2D eigenvalue weighted by molar-refractivity contribution is 5.81. The Morgan fingerprint density at radius 3 is 2.85 bits per heavy atom. The summed E-state index contributed by atoms with van der Waals surface area (Å²) in [5, 5.41) is 5.57. The molecule has 0 unspecified atom stereocenters. The Morgan fingerprint density at radius 2 is 2.15 bits per heavy atom. The lowest BCUT2D eigenvalue weighted by atomic mass is 9.64. The second-order valence-corrected chi connectivity index (χ2v) is 6.85. The topological polar surface area (TPSA) is 91.2 Å². The molecular formula is C19H22N6O. The normalized spacial score (nSPS) is 15.7. The maximum Gasteiger partial charge on any atom is 0.222 e. The largest absolute Gasteiger partial charge is 0.378 e. The van der Waals surface area contributed by atoms with E-state index in [1.807, 2.05) is 16.9 Å². The van der Waals surface area contributed by atoms with E-state index in [-0.39, 0.29) is 11.4 Å². The Morgan fingerprint density at radius 1 is 1.31 bits per heavy atom. The minimum absolute atomic E-state index is 0.108. The van der Waals surface area contributed by atoms with Gasteiger partial charge in [0.15, 0.2) is 5.82 Å². The number of hydrogen-bond acceptors (Lipinski definition) is 6. The minimum Gasteiger partial charge on any atom is -0.378 e. The Bertz CT molecular complexity index is 960. The maximum absolute atomic E-state index is 5.87. The molecule has 2 heterocycles. The van der Waals surface area contributed by atoms with Gasteiger partial charge < -0.3 is 15.5 Å². The van der Waals surface area contributed by atoms with Gasteiger partial charge in [-0.25, -0.2) is 9.67 Å². The number of hydrogen-bond donors (Lipinski definition) is 1. The van der Waals surface area contributed by atoms with E-state index in [4.69, 9.17) is 10.5 Å². The molecule has 1 saturated carbocycles. The SMILES string of the molecule is C=NCC1(c2ccc3cnn(-c4cc(COC)nc(N)n4)c3c2)CCC1. The summed E-state index contributed by atoms with van der Waals surface area (Å²) in [4.78, 5) is 12.7. The van der Waals surface area contributed by atoms with E-state index >= 15 is 0 Å². The van der Waals surface area contributed by atoms with Crippen molar-refractivity contribution in [1.82, 2.24) is 19.7 Å². The number of rotatable bonds is 6. The van der Waals surface area contributed by atoms with E-state index in [1.165, 1.54) is 12.0 Å². The molecule has 0 spiro atoms. The molecule has 0 bridgehead atoms. The Hall–Kier alpha value is -2.80. The number of ether oxygens (including phenoxy) is 1. The first-order chi connectivity index (χ1) is 12.6. The predicted molar refractivity (Wildman–Crippen MR) is 102 cm³/mol. The maximum atomic E-state index is 5.87. The third-order valence-corrected chi connectivity index (χ3v) is 5.20. The van der Waals surface area contributed by atoms with Crippen molar-refractivity contribution in [3.05, 3.63) is 41.7 Å². The number of nitrogens with two attached hydrogens (primary N) is 1. The lowest BCUT2D eigenvalue weighted by Crippen LogP contribution is -2.37. The molecular weight excluding hydrogens is 328 g/mol. The van der Waals surface area contributed by atoms with E-state index in [0.29, 0.717) is 12.4 Å². The molecule has 26 heavy (non-hydrogen) atoms. The van der Waals surface area contributed by atoms with Gasteiger partial charge in [0, 0.05) is 30.5 Å². The van der Waals surface area contributed by atoms with Crippen LogP contribution in [0.15, 0.2) is 35.5 Å². The van der Waals surface area contributed by atoms with Crippen LogP contribution in [0.2, 0.25) is 0 Å². The standard InChI is InChI=1S/C19H22N6O/c1-21-12-19(6-3-7-19)14-5-4-13-10-22-25(16(13)8-14)17-9-15(11-26-2)23-18(20)24-17/h4-5,8-10H,1,3,6-7,11-12H2,2H3,(H2,20,23,24). The molecule has 3 aromatic rings. The molecule has 7 heteroatoms. The number of aromatic nitrogens is 4. The summed E-state index contributed by atoms with van der Waals surface area (Å²) in [5.41, 5.74) is 8.98. The van der Waals surface area contributed by atoms with Crippen LogP contribution in [-0.2, 0) is 16.8 Å². The van der Waals surface area contributed by atoms with E-state index in [0.717, 1.165) is 36.0 Å². The Kier molecular flexibility index (Phi) is 4.16. The van der Waals surface area contributed by atoms with Crippen molar-refractivity contribution in [1.29, 1.82) is 0 Å². The second kappa shape index (κ2) is 6.49. The van der Waals surface area contributed by atoms with E-state index in [2.05, 4.69) is 45.0 Å². The number of aliphatic imine (C=N–C) groups is 1. The average molecular weight is 350 g/mol. The molecule has 0 radical (unpaired) electrons. The van der Waals surface area contributed by atoms with Gasteiger partial charge in [-0.3, -0.25) is 0 Å². The monoisotopic (exact) mass is 350 g/mol.